The summed E-state index contributed by atoms with van der Waals surface area (Å²) in [6, 6.07) is 8.68. The van der Waals surface area contributed by atoms with E-state index in [2.05, 4.69) is 26.6 Å². The van der Waals surface area contributed by atoms with Crippen molar-refractivity contribution in [1.82, 2.24) is 5.32 Å². The molecule has 0 unspecified atom stereocenters. The third-order valence-electron chi connectivity index (χ3n) is 3.86. The zero-order chi connectivity index (χ0) is 22.3. The molecule has 0 heterocycles. The van der Waals surface area contributed by atoms with Gasteiger partial charge in [-0.05, 0) is 41.8 Å². The van der Waals surface area contributed by atoms with Gasteiger partial charge in [-0.15, -0.1) is 13.2 Å². The average molecular weight is 441 g/mol. The van der Waals surface area contributed by atoms with Crippen molar-refractivity contribution in [3.05, 3.63) is 64.8 Å². The van der Waals surface area contributed by atoms with Gasteiger partial charge in [0.15, 0.2) is 0 Å². The van der Waals surface area contributed by atoms with Gasteiger partial charge in [-0.3, -0.25) is 0 Å². The summed E-state index contributed by atoms with van der Waals surface area (Å²) in [7, 11) is 0. The minimum Gasteiger partial charge on any atom is -0.506 e. The summed E-state index contributed by atoms with van der Waals surface area (Å²) < 4.78 is 40.8. The first-order valence-electron chi connectivity index (χ1n) is 8.74. The number of aliphatic imine (C=N–C) groups is 2. The lowest BCUT2D eigenvalue weighted by Gasteiger charge is -2.11. The van der Waals surface area contributed by atoms with Crippen molar-refractivity contribution >= 4 is 29.5 Å². The SMILES string of the molecule is C=C(NCc1cccc(OC(F)(F)F)c1)C(N)=NC=Nc1cc(Cl)c(O)c(CC)c1. The molecule has 0 bridgehead atoms. The summed E-state index contributed by atoms with van der Waals surface area (Å²) >= 11 is 5.96. The van der Waals surface area contributed by atoms with Crippen LogP contribution in [0.5, 0.6) is 11.5 Å². The van der Waals surface area contributed by atoms with Crippen LogP contribution in [-0.2, 0) is 13.0 Å². The van der Waals surface area contributed by atoms with Crippen LogP contribution in [0.1, 0.15) is 18.1 Å². The molecular formula is C20H20ClF3N4O2. The molecule has 2 aromatic rings. The van der Waals surface area contributed by atoms with Gasteiger partial charge in [-0.25, -0.2) is 9.98 Å². The molecule has 0 spiro atoms. The third-order valence-corrected chi connectivity index (χ3v) is 4.15. The Kier molecular flexibility index (Phi) is 7.71. The lowest BCUT2D eigenvalue weighted by atomic mass is 10.1. The number of hydrogen-bond donors (Lipinski definition) is 3. The highest BCUT2D eigenvalue weighted by atomic mass is 35.5. The van der Waals surface area contributed by atoms with E-state index in [9.17, 15) is 18.3 Å². The molecule has 2 aromatic carbocycles. The standard InChI is InChI=1S/C20H20ClF3N4O2/c1-3-14-8-15(9-17(21)18(14)29)27-11-28-19(25)12(2)26-10-13-5-4-6-16(7-13)30-20(22,23)24/h4-9,11,26,29H,2-3,10H2,1H3,(H2,25,27,28). The second-order valence-electron chi connectivity index (χ2n) is 6.08. The van der Waals surface area contributed by atoms with E-state index in [1.165, 1.54) is 30.6 Å². The summed E-state index contributed by atoms with van der Waals surface area (Å²) in [5, 5.41) is 12.9. The van der Waals surface area contributed by atoms with E-state index >= 15 is 0 Å². The first-order chi connectivity index (χ1) is 14.1. The molecule has 30 heavy (non-hydrogen) atoms. The lowest BCUT2D eigenvalue weighted by Crippen LogP contribution is -2.25. The van der Waals surface area contributed by atoms with Crippen LogP contribution in [0, 0.1) is 0 Å². The fourth-order valence-electron chi connectivity index (χ4n) is 2.37. The number of ether oxygens (including phenoxy) is 1. The normalized spacial score (nSPS) is 12.2. The van der Waals surface area contributed by atoms with Crippen LogP contribution >= 0.6 is 11.6 Å². The van der Waals surface area contributed by atoms with Gasteiger partial charge in [-0.2, -0.15) is 0 Å². The molecule has 2 rings (SSSR count). The summed E-state index contributed by atoms with van der Waals surface area (Å²) in [5.74, 6) is -0.259. The zero-order valence-corrected chi connectivity index (χ0v) is 16.8. The molecule has 10 heteroatoms. The number of nitrogens with two attached hydrogens (primary N) is 1. The van der Waals surface area contributed by atoms with Crippen LogP contribution in [-0.4, -0.2) is 23.6 Å². The van der Waals surface area contributed by atoms with Gasteiger partial charge in [0.1, 0.15) is 23.7 Å². The largest absolute Gasteiger partial charge is 0.573 e. The third kappa shape index (κ3) is 7.00. The van der Waals surface area contributed by atoms with E-state index in [1.807, 2.05) is 6.92 Å². The van der Waals surface area contributed by atoms with Gasteiger partial charge in [0.05, 0.1) is 16.4 Å². The van der Waals surface area contributed by atoms with E-state index in [1.54, 1.807) is 12.1 Å². The number of nitrogens with one attached hydrogen (secondary N) is 1. The Bertz CT molecular complexity index is 975. The van der Waals surface area contributed by atoms with Crippen LogP contribution in [0.15, 0.2) is 58.7 Å². The van der Waals surface area contributed by atoms with Crippen molar-refractivity contribution in [3.8, 4) is 11.5 Å². The highest BCUT2D eigenvalue weighted by Gasteiger charge is 2.31. The molecule has 6 nitrogen and oxygen atoms in total. The fraction of sp³-hybridized carbons (Fsp3) is 0.200. The van der Waals surface area contributed by atoms with E-state index in [0.29, 0.717) is 23.2 Å². The number of phenols is 1. The Morgan fingerprint density at radius 2 is 2.07 bits per heavy atom. The van der Waals surface area contributed by atoms with E-state index in [0.717, 1.165) is 0 Å². The Balaban J connectivity index is 1.98. The number of hydrogen-bond acceptors (Lipinski definition) is 4. The van der Waals surface area contributed by atoms with Crippen molar-refractivity contribution in [2.24, 2.45) is 15.7 Å². The van der Waals surface area contributed by atoms with Crippen molar-refractivity contribution in [2.75, 3.05) is 0 Å². The Hall–Kier alpha value is -3.20. The minimum atomic E-state index is -4.76. The van der Waals surface area contributed by atoms with Gasteiger partial charge in [0.2, 0.25) is 0 Å². The average Bonchev–Trinajstić information content (AvgIpc) is 2.67. The second-order valence-corrected chi connectivity index (χ2v) is 6.48. The van der Waals surface area contributed by atoms with Gasteiger partial charge in [0.25, 0.3) is 0 Å². The Labute approximate surface area is 176 Å². The summed E-state index contributed by atoms with van der Waals surface area (Å²) in [6.45, 7) is 5.77. The lowest BCUT2D eigenvalue weighted by molar-refractivity contribution is -0.274. The number of halogens is 4. The number of aromatic hydroxyl groups is 1. The maximum atomic E-state index is 12.3. The number of benzene rings is 2. The number of nitrogens with zero attached hydrogens (tertiary/aromatic N) is 2. The maximum absolute atomic E-state index is 12.3. The molecule has 0 aliphatic carbocycles. The van der Waals surface area contributed by atoms with Crippen LogP contribution in [0.25, 0.3) is 0 Å². The van der Waals surface area contributed by atoms with Gasteiger partial charge < -0.3 is 20.9 Å². The van der Waals surface area contributed by atoms with Crippen LogP contribution < -0.4 is 15.8 Å². The molecule has 0 aliphatic rings. The van der Waals surface area contributed by atoms with E-state index in [4.69, 9.17) is 17.3 Å². The number of rotatable bonds is 8. The van der Waals surface area contributed by atoms with E-state index < -0.39 is 6.36 Å². The maximum Gasteiger partial charge on any atom is 0.573 e. The quantitative estimate of drug-likeness (QED) is 0.405. The summed E-state index contributed by atoms with van der Waals surface area (Å²) in [5.41, 5.74) is 7.76. The van der Waals surface area contributed by atoms with Crippen molar-refractivity contribution in [1.29, 1.82) is 0 Å². The smallest absolute Gasteiger partial charge is 0.506 e. The number of aryl methyl sites for hydroxylation is 1. The van der Waals surface area contributed by atoms with Crippen LogP contribution in [0.3, 0.4) is 0 Å². The molecule has 4 N–H and O–H groups in total. The Morgan fingerprint density at radius 3 is 2.73 bits per heavy atom. The van der Waals surface area contributed by atoms with E-state index in [-0.39, 0.29) is 34.6 Å². The van der Waals surface area contributed by atoms with Crippen molar-refractivity contribution in [3.63, 3.8) is 0 Å². The molecule has 0 aromatic heterocycles. The predicted octanol–water partition coefficient (Wildman–Crippen LogP) is 4.83. The zero-order valence-electron chi connectivity index (χ0n) is 16.0. The fourth-order valence-corrected chi connectivity index (χ4v) is 2.60. The molecule has 0 fully saturated rings. The second kappa shape index (κ2) is 10.0. The molecule has 0 atom stereocenters. The van der Waals surface area contributed by atoms with Gasteiger partial charge >= 0.3 is 6.36 Å². The molecule has 0 saturated heterocycles. The van der Waals surface area contributed by atoms with Crippen molar-refractivity contribution < 1.29 is 23.0 Å². The van der Waals surface area contributed by atoms with Crippen LogP contribution in [0.2, 0.25) is 5.02 Å². The summed E-state index contributed by atoms with van der Waals surface area (Å²) in [4.78, 5) is 8.09. The molecule has 0 amide bonds. The topological polar surface area (TPSA) is 92.2 Å². The van der Waals surface area contributed by atoms with Crippen molar-refractivity contribution in [2.45, 2.75) is 26.3 Å². The minimum absolute atomic E-state index is 0.0170. The monoisotopic (exact) mass is 440 g/mol. The number of amidine groups is 1. The highest BCUT2D eigenvalue weighted by Crippen LogP contribution is 2.32. The predicted molar refractivity (Wildman–Crippen MR) is 111 cm³/mol. The Morgan fingerprint density at radius 1 is 1.33 bits per heavy atom. The molecule has 0 aliphatic heterocycles. The van der Waals surface area contributed by atoms with Gasteiger partial charge in [0, 0.05) is 6.54 Å². The van der Waals surface area contributed by atoms with Crippen LogP contribution in [0.4, 0.5) is 18.9 Å². The highest BCUT2D eigenvalue weighted by molar-refractivity contribution is 6.32. The molecule has 0 saturated carbocycles. The first kappa shape index (κ1) is 23.1. The molecular weight excluding hydrogens is 421 g/mol. The summed E-state index contributed by atoms with van der Waals surface area (Å²) in [6.07, 6.45) is -2.97. The molecule has 160 valence electrons. The molecule has 0 radical (unpaired) electrons. The van der Waals surface area contributed by atoms with Gasteiger partial charge in [-0.1, -0.05) is 37.2 Å². The number of alkyl halides is 3. The number of phenolic OH excluding ortho intramolecular Hbond substituents is 1. The first-order valence-corrected chi connectivity index (χ1v) is 9.12.